The molecule has 0 bridgehead atoms. The summed E-state index contributed by atoms with van der Waals surface area (Å²) < 4.78 is 4.88. The predicted octanol–water partition coefficient (Wildman–Crippen LogP) is -2.29. The third-order valence-electron chi connectivity index (χ3n) is 1.87. The Labute approximate surface area is 96.6 Å². The number of thiol groups is 1. The van der Waals surface area contributed by atoms with Gasteiger partial charge in [0.1, 0.15) is 29.9 Å². The van der Waals surface area contributed by atoms with Crippen LogP contribution in [0.25, 0.3) is 0 Å². The Morgan fingerprint density at radius 2 is 1.62 bits per heavy atom. The molecule has 5 nitrogen and oxygen atoms in total. The third kappa shape index (κ3) is 2.92. The molecule has 1 heterocycles. The number of aliphatic hydroxyl groups is 4. The molecule has 7 heteroatoms. The number of rotatable bonds is 1. The minimum Gasteiger partial charge on any atom is -0.394 e. The maximum absolute atomic E-state index is 9.20. The van der Waals surface area contributed by atoms with E-state index in [-0.39, 0.29) is 22.4 Å². The zero-order valence-electron chi connectivity index (χ0n) is 6.54. The molecular weight excluding hydrogens is 381 g/mol. The molecule has 0 saturated carbocycles. The van der Waals surface area contributed by atoms with E-state index in [1.165, 1.54) is 0 Å². The van der Waals surface area contributed by atoms with Crippen LogP contribution >= 0.6 is 12.6 Å². The van der Waals surface area contributed by atoms with E-state index in [1.54, 1.807) is 0 Å². The number of aliphatic hydroxyl groups excluding tert-OH is 4. The molecule has 13 heavy (non-hydrogen) atoms. The molecule has 0 spiro atoms. The Morgan fingerprint density at radius 3 is 2.08 bits per heavy atom. The standard InChI is InChI=1S/C6H12O5S.Au/c7-1-2-3(8)4(9)5(10)6(12)11-2;/h2-10,12H,1H2;/q;+1. The molecule has 4 N–H and O–H groups in total. The summed E-state index contributed by atoms with van der Waals surface area (Å²) in [6.07, 6.45) is -4.70. The van der Waals surface area contributed by atoms with Gasteiger partial charge in [-0.05, 0) is 0 Å². The van der Waals surface area contributed by atoms with E-state index in [4.69, 9.17) is 14.9 Å². The first kappa shape index (κ1) is 13.9. The van der Waals surface area contributed by atoms with Gasteiger partial charge >= 0.3 is 22.4 Å². The van der Waals surface area contributed by atoms with Crippen molar-refractivity contribution in [3.05, 3.63) is 0 Å². The van der Waals surface area contributed by atoms with Gasteiger partial charge in [0.2, 0.25) is 0 Å². The van der Waals surface area contributed by atoms with Gasteiger partial charge in [-0.25, -0.2) is 0 Å². The number of hydrogen-bond donors (Lipinski definition) is 5. The molecule has 1 fully saturated rings. The topological polar surface area (TPSA) is 90.2 Å². The summed E-state index contributed by atoms with van der Waals surface area (Å²) >= 11 is 3.81. The maximum Gasteiger partial charge on any atom is 1.00 e. The molecule has 1 saturated heterocycles. The van der Waals surface area contributed by atoms with Gasteiger partial charge in [0, 0.05) is 0 Å². The van der Waals surface area contributed by atoms with Crippen LogP contribution in [-0.4, -0.2) is 56.9 Å². The van der Waals surface area contributed by atoms with Gasteiger partial charge in [-0.15, -0.1) is 12.6 Å². The van der Waals surface area contributed by atoms with Crippen molar-refractivity contribution in [3.63, 3.8) is 0 Å². The average Bonchev–Trinajstić information content (AvgIpc) is 2.08. The van der Waals surface area contributed by atoms with E-state index < -0.39 is 36.5 Å². The van der Waals surface area contributed by atoms with Crippen molar-refractivity contribution >= 4 is 12.6 Å². The molecule has 0 aromatic rings. The van der Waals surface area contributed by atoms with Crippen LogP contribution in [0.15, 0.2) is 0 Å². The molecule has 5 atom stereocenters. The quantitative estimate of drug-likeness (QED) is 0.256. The van der Waals surface area contributed by atoms with Crippen LogP contribution in [0, 0.1) is 0 Å². The minimum atomic E-state index is -1.32. The summed E-state index contributed by atoms with van der Waals surface area (Å²) in [4.78, 5) is 0. The molecule has 1 aliphatic rings. The van der Waals surface area contributed by atoms with E-state index in [0.29, 0.717) is 0 Å². The molecule has 0 amide bonds. The van der Waals surface area contributed by atoms with Crippen molar-refractivity contribution < 1.29 is 47.5 Å². The van der Waals surface area contributed by atoms with Gasteiger partial charge in [0.05, 0.1) is 6.61 Å². The van der Waals surface area contributed by atoms with Gasteiger partial charge in [0.15, 0.2) is 0 Å². The Bertz CT molecular complexity index is 155. The van der Waals surface area contributed by atoms with Crippen molar-refractivity contribution in [1.82, 2.24) is 0 Å². The SMILES string of the molecule is OCC1OC(S)C(O)C(O)C1O.[Au+]. The first-order valence-corrected chi connectivity index (χ1v) is 4.08. The Kier molecular flexibility index (Phi) is 6.08. The van der Waals surface area contributed by atoms with Crippen molar-refractivity contribution in [2.24, 2.45) is 0 Å². The monoisotopic (exact) mass is 393 g/mol. The van der Waals surface area contributed by atoms with Crippen LogP contribution in [0.3, 0.4) is 0 Å². The molecule has 5 unspecified atom stereocenters. The van der Waals surface area contributed by atoms with Crippen molar-refractivity contribution in [3.8, 4) is 0 Å². The van der Waals surface area contributed by atoms with E-state index in [0.717, 1.165) is 0 Å². The summed E-state index contributed by atoms with van der Waals surface area (Å²) in [6, 6.07) is 0. The van der Waals surface area contributed by atoms with Gasteiger partial charge in [-0.1, -0.05) is 0 Å². The summed E-state index contributed by atoms with van der Waals surface area (Å²) in [7, 11) is 0. The summed E-state index contributed by atoms with van der Waals surface area (Å²) in [5.74, 6) is 0. The smallest absolute Gasteiger partial charge is 0.394 e. The molecular formula is C6H12AuO5S+. The Hall–Kier alpha value is 0.890. The van der Waals surface area contributed by atoms with E-state index in [9.17, 15) is 10.2 Å². The normalized spacial score (nSPS) is 45.5. The predicted molar refractivity (Wildman–Crippen MR) is 42.8 cm³/mol. The van der Waals surface area contributed by atoms with Crippen molar-refractivity contribution in [2.75, 3.05) is 6.61 Å². The van der Waals surface area contributed by atoms with Gasteiger partial charge < -0.3 is 25.2 Å². The zero-order valence-corrected chi connectivity index (χ0v) is 9.60. The molecule has 0 aliphatic carbocycles. The van der Waals surface area contributed by atoms with Crippen molar-refractivity contribution in [1.29, 1.82) is 0 Å². The van der Waals surface area contributed by atoms with Crippen LogP contribution in [0.1, 0.15) is 0 Å². The van der Waals surface area contributed by atoms with Gasteiger partial charge in [-0.3, -0.25) is 0 Å². The molecule has 0 radical (unpaired) electrons. The summed E-state index contributed by atoms with van der Waals surface area (Å²) in [5.41, 5.74) is -0.874. The second-order valence-electron chi connectivity index (χ2n) is 2.72. The molecule has 0 aromatic carbocycles. The second kappa shape index (κ2) is 5.69. The van der Waals surface area contributed by atoms with Crippen LogP contribution in [0.5, 0.6) is 0 Å². The fourth-order valence-electron chi connectivity index (χ4n) is 1.08. The summed E-state index contributed by atoms with van der Waals surface area (Å²) in [5, 5.41) is 36.2. The van der Waals surface area contributed by atoms with E-state index >= 15 is 0 Å². The minimum absolute atomic E-state index is 0. The van der Waals surface area contributed by atoms with E-state index in [1.807, 2.05) is 0 Å². The maximum atomic E-state index is 9.20. The third-order valence-corrected chi connectivity index (χ3v) is 2.29. The zero-order chi connectivity index (χ0) is 9.30. The first-order valence-electron chi connectivity index (χ1n) is 3.56. The average molecular weight is 393 g/mol. The number of hydrogen-bond acceptors (Lipinski definition) is 6. The number of ether oxygens (including phenoxy) is 1. The largest absolute Gasteiger partial charge is 1.00 e. The molecule has 1 aliphatic heterocycles. The van der Waals surface area contributed by atoms with Crippen LogP contribution in [0.4, 0.5) is 0 Å². The molecule has 1 rings (SSSR count). The fourth-order valence-corrected chi connectivity index (χ4v) is 1.41. The Morgan fingerprint density at radius 1 is 1.08 bits per heavy atom. The summed E-state index contributed by atoms with van der Waals surface area (Å²) in [6.45, 7) is -0.415. The molecule has 82 valence electrons. The van der Waals surface area contributed by atoms with Crippen LogP contribution in [0.2, 0.25) is 0 Å². The van der Waals surface area contributed by atoms with Gasteiger partial charge in [-0.2, -0.15) is 0 Å². The Balaban J connectivity index is 0.00000144. The molecule has 0 aromatic heterocycles. The van der Waals surface area contributed by atoms with Gasteiger partial charge in [0.25, 0.3) is 0 Å². The van der Waals surface area contributed by atoms with E-state index in [2.05, 4.69) is 12.6 Å². The van der Waals surface area contributed by atoms with Crippen molar-refractivity contribution in [2.45, 2.75) is 29.9 Å². The first-order chi connectivity index (χ1) is 5.57. The fraction of sp³-hybridized carbons (Fsp3) is 1.00. The van der Waals surface area contributed by atoms with Crippen LogP contribution < -0.4 is 0 Å². The second-order valence-corrected chi connectivity index (χ2v) is 3.23. The van der Waals surface area contributed by atoms with Crippen LogP contribution in [-0.2, 0) is 27.1 Å².